The fraction of sp³-hybridized carbons (Fsp3) is 0.407. The van der Waals surface area contributed by atoms with Crippen molar-refractivity contribution in [3.63, 3.8) is 0 Å². The molecule has 2 aromatic carbocycles. The summed E-state index contributed by atoms with van der Waals surface area (Å²) in [5, 5.41) is 3.07. The van der Waals surface area contributed by atoms with Gasteiger partial charge < -0.3 is 15.0 Å². The van der Waals surface area contributed by atoms with Crippen molar-refractivity contribution in [1.29, 1.82) is 0 Å². The molecule has 3 atom stereocenters. The number of benzene rings is 2. The molecule has 1 aromatic heterocycles. The van der Waals surface area contributed by atoms with Gasteiger partial charge in [0.2, 0.25) is 5.91 Å². The molecule has 5 heteroatoms. The zero-order valence-corrected chi connectivity index (χ0v) is 19.3. The van der Waals surface area contributed by atoms with Crippen LogP contribution < -0.4 is 10.1 Å². The molecule has 32 heavy (non-hydrogen) atoms. The third kappa shape index (κ3) is 5.04. The number of amides is 1. The van der Waals surface area contributed by atoms with E-state index in [-0.39, 0.29) is 11.8 Å². The summed E-state index contributed by atoms with van der Waals surface area (Å²) in [6.07, 6.45) is 4.60. The maximum Gasteiger partial charge on any atom is 0.224 e. The number of nitrogens with one attached hydrogen (secondary N) is 2. The SMILES string of the molecule is C=C1CC(CC)CC(C)C1CC(=O)Nc1ccc2[nH]c(Cc3cccc(OC)c3)nc2c1. The predicted octanol–water partition coefficient (Wildman–Crippen LogP) is 6.12. The van der Waals surface area contributed by atoms with Gasteiger partial charge in [-0.05, 0) is 66.5 Å². The minimum absolute atomic E-state index is 0.0458. The van der Waals surface area contributed by atoms with Gasteiger partial charge in [0.1, 0.15) is 11.6 Å². The number of carbonyl (C=O) groups is 1. The second kappa shape index (κ2) is 9.60. The minimum atomic E-state index is 0.0458. The first-order chi connectivity index (χ1) is 15.4. The van der Waals surface area contributed by atoms with Crippen LogP contribution in [0.15, 0.2) is 54.6 Å². The highest BCUT2D eigenvalue weighted by Gasteiger charge is 2.31. The van der Waals surface area contributed by atoms with Crippen LogP contribution in [0.5, 0.6) is 5.75 Å². The molecule has 1 saturated carbocycles. The van der Waals surface area contributed by atoms with Gasteiger partial charge in [-0.2, -0.15) is 0 Å². The molecule has 1 heterocycles. The number of hydrogen-bond donors (Lipinski definition) is 2. The molecule has 4 rings (SSSR count). The second-order valence-corrected chi connectivity index (χ2v) is 9.15. The molecule has 1 aliphatic rings. The molecule has 1 amide bonds. The van der Waals surface area contributed by atoms with Crippen molar-refractivity contribution >= 4 is 22.6 Å². The number of anilines is 1. The molecule has 2 N–H and O–H groups in total. The van der Waals surface area contributed by atoms with Crippen molar-refractivity contribution in [2.24, 2.45) is 17.8 Å². The predicted molar refractivity (Wildman–Crippen MR) is 130 cm³/mol. The van der Waals surface area contributed by atoms with Gasteiger partial charge in [-0.15, -0.1) is 0 Å². The van der Waals surface area contributed by atoms with Crippen molar-refractivity contribution in [1.82, 2.24) is 9.97 Å². The van der Waals surface area contributed by atoms with Gasteiger partial charge in [-0.25, -0.2) is 4.98 Å². The van der Waals surface area contributed by atoms with E-state index in [1.54, 1.807) is 7.11 Å². The molecule has 0 bridgehead atoms. The highest BCUT2D eigenvalue weighted by Crippen LogP contribution is 2.40. The maximum absolute atomic E-state index is 12.8. The highest BCUT2D eigenvalue weighted by molar-refractivity contribution is 5.93. The van der Waals surface area contributed by atoms with Gasteiger partial charge in [0.05, 0.1) is 18.1 Å². The Kier molecular flexibility index (Phi) is 6.63. The molecule has 5 nitrogen and oxygen atoms in total. The Morgan fingerprint density at radius 2 is 2.12 bits per heavy atom. The zero-order chi connectivity index (χ0) is 22.7. The van der Waals surface area contributed by atoms with E-state index >= 15 is 0 Å². The zero-order valence-electron chi connectivity index (χ0n) is 19.3. The number of H-pyrrole nitrogens is 1. The third-order valence-corrected chi connectivity index (χ3v) is 6.77. The number of hydrogen-bond acceptors (Lipinski definition) is 3. The first kappa shape index (κ1) is 22.1. The summed E-state index contributed by atoms with van der Waals surface area (Å²) in [6.45, 7) is 8.79. The van der Waals surface area contributed by atoms with Gasteiger partial charge in [0.15, 0.2) is 0 Å². The fourth-order valence-corrected chi connectivity index (χ4v) is 4.96. The quantitative estimate of drug-likeness (QED) is 0.443. The number of ether oxygens (including phenoxy) is 1. The molecule has 168 valence electrons. The summed E-state index contributed by atoms with van der Waals surface area (Å²) >= 11 is 0. The topological polar surface area (TPSA) is 67.0 Å². The summed E-state index contributed by atoms with van der Waals surface area (Å²) in [5.74, 6) is 3.24. The molecule has 1 aliphatic carbocycles. The molecule has 0 saturated heterocycles. The second-order valence-electron chi connectivity index (χ2n) is 9.15. The van der Waals surface area contributed by atoms with E-state index in [4.69, 9.17) is 9.72 Å². The maximum atomic E-state index is 12.8. The Hall–Kier alpha value is -3.08. The lowest BCUT2D eigenvalue weighted by atomic mass is 9.70. The number of fused-ring (bicyclic) bond motifs is 1. The number of rotatable bonds is 7. The lowest BCUT2D eigenvalue weighted by Crippen LogP contribution is -2.28. The summed E-state index contributed by atoms with van der Waals surface area (Å²) < 4.78 is 5.31. The van der Waals surface area contributed by atoms with E-state index in [1.807, 2.05) is 36.4 Å². The molecule has 0 radical (unpaired) electrons. The van der Waals surface area contributed by atoms with Crippen molar-refractivity contribution in [2.45, 2.75) is 46.0 Å². The molecule has 0 aliphatic heterocycles. The summed E-state index contributed by atoms with van der Waals surface area (Å²) in [7, 11) is 1.67. The van der Waals surface area contributed by atoms with Crippen molar-refractivity contribution in [3.8, 4) is 5.75 Å². The number of methoxy groups -OCH3 is 1. The van der Waals surface area contributed by atoms with Crippen LogP contribution in [0, 0.1) is 17.8 Å². The standard InChI is InChI=1S/C27H33N3O2/c1-5-19-11-17(2)23(18(3)12-19)16-27(31)28-21-9-10-24-25(15-21)30-26(29-24)14-20-7-6-8-22(13-20)32-4/h6-10,13,15,18-19,23H,2,5,11-12,14,16H2,1,3-4H3,(H,28,31)(H,29,30). The van der Waals surface area contributed by atoms with Gasteiger partial charge in [-0.3, -0.25) is 4.79 Å². The van der Waals surface area contributed by atoms with Gasteiger partial charge in [0, 0.05) is 18.5 Å². The number of nitrogens with zero attached hydrogens (tertiary/aromatic N) is 1. The Balaban J connectivity index is 1.41. The van der Waals surface area contributed by atoms with E-state index in [9.17, 15) is 4.79 Å². The van der Waals surface area contributed by atoms with E-state index in [2.05, 4.69) is 36.8 Å². The van der Waals surface area contributed by atoms with E-state index in [0.29, 0.717) is 24.7 Å². The lowest BCUT2D eigenvalue weighted by molar-refractivity contribution is -0.117. The van der Waals surface area contributed by atoms with Crippen molar-refractivity contribution in [2.75, 3.05) is 12.4 Å². The summed E-state index contributed by atoms with van der Waals surface area (Å²) in [4.78, 5) is 20.9. The number of imidazole rings is 1. The van der Waals surface area contributed by atoms with Crippen LogP contribution in [-0.2, 0) is 11.2 Å². The number of allylic oxidation sites excluding steroid dienone is 1. The summed E-state index contributed by atoms with van der Waals surface area (Å²) in [6, 6.07) is 13.8. The van der Waals surface area contributed by atoms with Crippen LogP contribution in [0.2, 0.25) is 0 Å². The van der Waals surface area contributed by atoms with Crippen LogP contribution in [0.25, 0.3) is 11.0 Å². The Morgan fingerprint density at radius 3 is 2.88 bits per heavy atom. The van der Waals surface area contributed by atoms with E-state index < -0.39 is 0 Å². The largest absolute Gasteiger partial charge is 0.497 e. The Morgan fingerprint density at radius 1 is 1.28 bits per heavy atom. The smallest absolute Gasteiger partial charge is 0.224 e. The lowest BCUT2D eigenvalue weighted by Gasteiger charge is -2.35. The Labute approximate surface area is 190 Å². The first-order valence-corrected chi connectivity index (χ1v) is 11.5. The average Bonchev–Trinajstić information content (AvgIpc) is 3.17. The molecular formula is C27H33N3O2. The highest BCUT2D eigenvalue weighted by atomic mass is 16.5. The summed E-state index contributed by atoms with van der Waals surface area (Å²) in [5.41, 5.74) is 4.95. The van der Waals surface area contributed by atoms with Crippen LogP contribution in [0.4, 0.5) is 5.69 Å². The first-order valence-electron chi connectivity index (χ1n) is 11.5. The van der Waals surface area contributed by atoms with E-state index in [0.717, 1.165) is 40.3 Å². The van der Waals surface area contributed by atoms with Crippen molar-refractivity contribution in [3.05, 3.63) is 66.0 Å². The van der Waals surface area contributed by atoms with Crippen LogP contribution in [0.3, 0.4) is 0 Å². The fourth-order valence-electron chi connectivity index (χ4n) is 4.96. The van der Waals surface area contributed by atoms with Gasteiger partial charge in [-0.1, -0.05) is 44.6 Å². The number of carbonyl (C=O) groups excluding carboxylic acids is 1. The van der Waals surface area contributed by atoms with Gasteiger partial charge >= 0.3 is 0 Å². The Bertz CT molecular complexity index is 1120. The van der Waals surface area contributed by atoms with Crippen LogP contribution in [-0.4, -0.2) is 23.0 Å². The molecule has 0 spiro atoms. The van der Waals surface area contributed by atoms with Crippen LogP contribution >= 0.6 is 0 Å². The van der Waals surface area contributed by atoms with Crippen molar-refractivity contribution < 1.29 is 9.53 Å². The average molecular weight is 432 g/mol. The molecule has 3 unspecified atom stereocenters. The molecule has 3 aromatic rings. The van der Waals surface area contributed by atoms with Gasteiger partial charge in [0.25, 0.3) is 0 Å². The van der Waals surface area contributed by atoms with E-state index in [1.165, 1.54) is 18.4 Å². The normalized spacial score (nSPS) is 21.0. The number of aromatic nitrogens is 2. The third-order valence-electron chi connectivity index (χ3n) is 6.77. The van der Waals surface area contributed by atoms with Crippen LogP contribution in [0.1, 0.15) is 50.9 Å². The monoisotopic (exact) mass is 431 g/mol. The molecular weight excluding hydrogens is 398 g/mol. The molecule has 1 fully saturated rings. The minimum Gasteiger partial charge on any atom is -0.497 e. The number of aromatic amines is 1.